The van der Waals surface area contributed by atoms with Crippen LogP contribution in [0.1, 0.15) is 16.3 Å². The summed E-state index contributed by atoms with van der Waals surface area (Å²) in [7, 11) is 1.48. The molecule has 2 N–H and O–H groups in total. The second kappa shape index (κ2) is 7.92. The van der Waals surface area contributed by atoms with E-state index in [1.54, 1.807) is 18.2 Å². The molecule has 134 valence electrons. The van der Waals surface area contributed by atoms with Gasteiger partial charge in [0.15, 0.2) is 11.7 Å². The Hall–Kier alpha value is -2.69. The molecule has 11 heteroatoms. The van der Waals surface area contributed by atoms with E-state index >= 15 is 0 Å². The Balaban J connectivity index is 1.94. The normalized spacial score (nSPS) is 12.1. The molecule has 1 heterocycles. The molecule has 0 radical (unpaired) electrons. The smallest absolute Gasteiger partial charge is 0.352 e. The zero-order chi connectivity index (χ0) is 18.4. The van der Waals surface area contributed by atoms with Gasteiger partial charge in [0.05, 0.1) is 11.5 Å². The SMILES string of the molecule is CN=C(NCc1nc(C(F)(F)F)cs1)NCc1ccccc1[N+](=O)[O-]. The lowest BCUT2D eigenvalue weighted by atomic mass is 10.2. The maximum Gasteiger partial charge on any atom is 0.434 e. The third-order valence-electron chi connectivity index (χ3n) is 3.11. The van der Waals surface area contributed by atoms with Crippen LogP contribution in [0.5, 0.6) is 0 Å². The number of halogens is 3. The number of aromatic nitrogens is 1. The number of benzene rings is 1. The van der Waals surface area contributed by atoms with Crippen LogP contribution in [0.25, 0.3) is 0 Å². The lowest BCUT2D eigenvalue weighted by molar-refractivity contribution is -0.385. The molecule has 0 aliphatic carbocycles. The highest BCUT2D eigenvalue weighted by Gasteiger charge is 2.33. The first kappa shape index (κ1) is 18.6. The molecule has 0 atom stereocenters. The number of nitro groups is 1. The van der Waals surface area contributed by atoms with Crippen LogP contribution in [0.2, 0.25) is 0 Å². The van der Waals surface area contributed by atoms with Crippen molar-refractivity contribution in [2.45, 2.75) is 19.3 Å². The van der Waals surface area contributed by atoms with E-state index in [4.69, 9.17) is 0 Å². The zero-order valence-corrected chi connectivity index (χ0v) is 13.8. The maximum atomic E-state index is 12.5. The van der Waals surface area contributed by atoms with Crippen molar-refractivity contribution in [1.82, 2.24) is 15.6 Å². The van der Waals surface area contributed by atoms with Crippen molar-refractivity contribution in [2.75, 3.05) is 7.05 Å². The van der Waals surface area contributed by atoms with Gasteiger partial charge in [-0.1, -0.05) is 18.2 Å². The second-order valence-corrected chi connectivity index (χ2v) is 5.73. The van der Waals surface area contributed by atoms with Gasteiger partial charge in [0.1, 0.15) is 5.01 Å². The fraction of sp³-hybridized carbons (Fsp3) is 0.286. The van der Waals surface area contributed by atoms with Crippen LogP contribution in [0.3, 0.4) is 0 Å². The van der Waals surface area contributed by atoms with Gasteiger partial charge < -0.3 is 10.6 Å². The van der Waals surface area contributed by atoms with Gasteiger partial charge in [-0.2, -0.15) is 13.2 Å². The number of aliphatic imine (C=N–C) groups is 1. The monoisotopic (exact) mass is 373 g/mol. The molecule has 0 amide bonds. The van der Waals surface area contributed by atoms with Gasteiger partial charge in [-0.15, -0.1) is 11.3 Å². The van der Waals surface area contributed by atoms with Crippen LogP contribution in [0, 0.1) is 10.1 Å². The van der Waals surface area contributed by atoms with Crippen molar-refractivity contribution in [1.29, 1.82) is 0 Å². The summed E-state index contributed by atoms with van der Waals surface area (Å²) in [5.41, 5.74) is -0.499. The molecule has 0 saturated carbocycles. The maximum absolute atomic E-state index is 12.5. The number of nitrogens with one attached hydrogen (secondary N) is 2. The van der Waals surface area contributed by atoms with Crippen LogP contribution in [0.4, 0.5) is 18.9 Å². The molecule has 1 aromatic carbocycles. The Bertz CT molecular complexity index is 776. The molecule has 1 aromatic heterocycles. The fourth-order valence-electron chi connectivity index (χ4n) is 1.92. The van der Waals surface area contributed by atoms with E-state index in [2.05, 4.69) is 20.6 Å². The average Bonchev–Trinajstić information content (AvgIpc) is 3.04. The molecular weight excluding hydrogens is 359 g/mol. The molecule has 2 aromatic rings. The lowest BCUT2D eigenvalue weighted by Gasteiger charge is -2.11. The Kier molecular flexibility index (Phi) is 5.91. The number of hydrogen-bond acceptors (Lipinski definition) is 5. The predicted molar refractivity (Wildman–Crippen MR) is 87.3 cm³/mol. The number of alkyl halides is 3. The van der Waals surface area contributed by atoms with E-state index in [0.29, 0.717) is 11.5 Å². The first-order chi connectivity index (χ1) is 11.8. The highest BCUT2D eigenvalue weighted by atomic mass is 32.1. The molecule has 0 aliphatic heterocycles. The third-order valence-corrected chi connectivity index (χ3v) is 3.96. The van der Waals surface area contributed by atoms with Crippen molar-refractivity contribution in [3.05, 3.63) is 56.0 Å². The predicted octanol–water partition coefficient (Wildman–Crippen LogP) is 2.94. The summed E-state index contributed by atoms with van der Waals surface area (Å²) in [6.45, 7) is 0.194. The van der Waals surface area contributed by atoms with Crippen LogP contribution >= 0.6 is 11.3 Å². The van der Waals surface area contributed by atoms with Gasteiger partial charge in [0.2, 0.25) is 0 Å². The number of guanidine groups is 1. The van der Waals surface area contributed by atoms with Crippen molar-refractivity contribution >= 4 is 23.0 Å². The highest BCUT2D eigenvalue weighted by molar-refractivity contribution is 7.09. The van der Waals surface area contributed by atoms with Crippen LogP contribution in [0.15, 0.2) is 34.6 Å². The molecule has 0 unspecified atom stereocenters. The zero-order valence-electron chi connectivity index (χ0n) is 13.0. The van der Waals surface area contributed by atoms with E-state index in [9.17, 15) is 23.3 Å². The van der Waals surface area contributed by atoms with Crippen LogP contribution in [-0.4, -0.2) is 22.9 Å². The van der Waals surface area contributed by atoms with Gasteiger partial charge in [0.25, 0.3) is 5.69 Å². The van der Waals surface area contributed by atoms with E-state index < -0.39 is 16.8 Å². The van der Waals surface area contributed by atoms with Crippen LogP contribution < -0.4 is 10.6 Å². The van der Waals surface area contributed by atoms with Gasteiger partial charge in [0, 0.05) is 30.6 Å². The molecule has 7 nitrogen and oxygen atoms in total. The van der Waals surface area contributed by atoms with E-state index in [1.807, 2.05) is 0 Å². The van der Waals surface area contributed by atoms with Crippen molar-refractivity contribution in [3.8, 4) is 0 Å². The summed E-state index contributed by atoms with van der Waals surface area (Å²) in [5, 5.41) is 17.9. The summed E-state index contributed by atoms with van der Waals surface area (Å²) in [4.78, 5) is 17.9. The number of nitro benzene ring substituents is 1. The number of rotatable bonds is 5. The summed E-state index contributed by atoms with van der Waals surface area (Å²) in [5.74, 6) is 0.293. The van der Waals surface area contributed by atoms with Gasteiger partial charge >= 0.3 is 6.18 Å². The number of nitrogens with zero attached hydrogens (tertiary/aromatic N) is 3. The summed E-state index contributed by atoms with van der Waals surface area (Å²) in [6, 6.07) is 6.24. The first-order valence-corrected chi connectivity index (χ1v) is 7.87. The van der Waals surface area contributed by atoms with Gasteiger partial charge in [-0.25, -0.2) is 4.98 Å². The number of hydrogen-bond donors (Lipinski definition) is 2. The summed E-state index contributed by atoms with van der Waals surface area (Å²) in [6.07, 6.45) is -4.47. The first-order valence-electron chi connectivity index (χ1n) is 6.99. The number of para-hydroxylation sites is 1. The van der Waals surface area contributed by atoms with Gasteiger partial charge in [-0.05, 0) is 0 Å². The van der Waals surface area contributed by atoms with E-state index in [-0.39, 0.29) is 23.8 Å². The Morgan fingerprint density at radius 2 is 2.00 bits per heavy atom. The molecular formula is C14H14F3N5O2S. The van der Waals surface area contributed by atoms with Crippen molar-refractivity contribution in [3.63, 3.8) is 0 Å². The molecule has 0 aliphatic rings. The van der Waals surface area contributed by atoms with Gasteiger partial charge in [-0.3, -0.25) is 15.1 Å². The topological polar surface area (TPSA) is 92.5 Å². The second-order valence-electron chi connectivity index (χ2n) is 4.79. The van der Waals surface area contributed by atoms with E-state index in [0.717, 1.165) is 16.7 Å². The number of thiazole rings is 1. The minimum atomic E-state index is -4.47. The molecule has 0 bridgehead atoms. The Morgan fingerprint density at radius 3 is 2.60 bits per heavy atom. The molecule has 25 heavy (non-hydrogen) atoms. The van der Waals surface area contributed by atoms with Crippen molar-refractivity contribution in [2.24, 2.45) is 4.99 Å². The largest absolute Gasteiger partial charge is 0.434 e. The van der Waals surface area contributed by atoms with E-state index in [1.165, 1.54) is 13.1 Å². The summed E-state index contributed by atoms with van der Waals surface area (Å²) >= 11 is 0.884. The Morgan fingerprint density at radius 1 is 1.32 bits per heavy atom. The minimum Gasteiger partial charge on any atom is -0.352 e. The lowest BCUT2D eigenvalue weighted by Crippen LogP contribution is -2.36. The molecule has 0 spiro atoms. The molecule has 0 fully saturated rings. The molecule has 0 saturated heterocycles. The van der Waals surface area contributed by atoms with Crippen molar-refractivity contribution < 1.29 is 18.1 Å². The summed E-state index contributed by atoms with van der Waals surface area (Å²) < 4.78 is 37.5. The standard InChI is InChI=1S/C14H14F3N5O2S/c1-18-13(19-6-9-4-2-3-5-10(9)22(23)24)20-7-12-21-11(8-25-12)14(15,16)17/h2-5,8H,6-7H2,1H3,(H2,18,19,20). The Labute approximate surface area is 144 Å². The quantitative estimate of drug-likeness (QED) is 0.364. The van der Waals surface area contributed by atoms with Crippen LogP contribution in [-0.2, 0) is 19.3 Å². The fourth-order valence-corrected chi connectivity index (χ4v) is 2.66. The average molecular weight is 373 g/mol. The molecule has 2 rings (SSSR count). The third kappa shape index (κ3) is 5.14. The minimum absolute atomic E-state index is 0.0276. The highest BCUT2D eigenvalue weighted by Crippen LogP contribution is 2.29.